The van der Waals surface area contributed by atoms with E-state index in [1.807, 2.05) is 6.92 Å². The lowest BCUT2D eigenvalue weighted by Gasteiger charge is -2.26. The Balaban J connectivity index is 2.10. The molecule has 1 saturated heterocycles. The van der Waals surface area contributed by atoms with Crippen LogP contribution in [0, 0.1) is 11.7 Å². The first-order valence-electron chi connectivity index (χ1n) is 9.40. The molecule has 1 aromatic rings. The Morgan fingerprint density at radius 1 is 1.22 bits per heavy atom. The molecule has 27 heavy (non-hydrogen) atoms. The van der Waals surface area contributed by atoms with Gasteiger partial charge < -0.3 is 10.1 Å². The second kappa shape index (κ2) is 9.61. The van der Waals surface area contributed by atoms with E-state index in [0.717, 1.165) is 31.4 Å². The topological polar surface area (TPSA) is 75.7 Å². The Morgan fingerprint density at radius 2 is 1.89 bits per heavy atom. The van der Waals surface area contributed by atoms with Gasteiger partial charge in [-0.1, -0.05) is 26.7 Å². The zero-order chi connectivity index (χ0) is 20.0. The van der Waals surface area contributed by atoms with Crippen LogP contribution in [-0.2, 0) is 14.8 Å². The number of halogens is 1. The highest BCUT2D eigenvalue weighted by atomic mass is 32.2. The lowest BCUT2D eigenvalue weighted by atomic mass is 10.0. The molecule has 1 heterocycles. The lowest BCUT2D eigenvalue weighted by molar-refractivity contribution is 0.0729. The van der Waals surface area contributed by atoms with Gasteiger partial charge >= 0.3 is 0 Å². The van der Waals surface area contributed by atoms with E-state index in [1.54, 1.807) is 0 Å². The van der Waals surface area contributed by atoms with Gasteiger partial charge in [0.05, 0.1) is 13.2 Å². The second-order valence-corrected chi connectivity index (χ2v) is 9.27. The molecule has 0 bridgehead atoms. The molecule has 1 atom stereocenters. The molecule has 0 aliphatic carbocycles. The number of nitrogens with one attached hydrogen (secondary N) is 1. The van der Waals surface area contributed by atoms with Crippen molar-refractivity contribution in [2.45, 2.75) is 51.0 Å². The first-order valence-corrected chi connectivity index (χ1v) is 10.8. The van der Waals surface area contributed by atoms with Crippen LogP contribution in [0.1, 0.15) is 50.4 Å². The van der Waals surface area contributed by atoms with Gasteiger partial charge in [-0.3, -0.25) is 4.79 Å². The molecule has 0 aromatic heterocycles. The lowest BCUT2D eigenvalue weighted by Crippen LogP contribution is -2.41. The predicted octanol–water partition coefficient (Wildman–Crippen LogP) is 2.79. The molecule has 0 saturated carbocycles. The average molecular weight is 401 g/mol. The number of carbonyl (C=O) groups is 1. The Labute approximate surface area is 161 Å². The van der Waals surface area contributed by atoms with E-state index >= 15 is 0 Å². The maximum absolute atomic E-state index is 14.2. The van der Waals surface area contributed by atoms with Gasteiger partial charge in [0, 0.05) is 24.7 Å². The maximum Gasteiger partial charge on any atom is 0.251 e. The van der Waals surface area contributed by atoms with Crippen LogP contribution < -0.4 is 5.32 Å². The summed E-state index contributed by atoms with van der Waals surface area (Å²) in [5.74, 6) is -0.647. The smallest absolute Gasteiger partial charge is 0.251 e. The van der Waals surface area contributed by atoms with Gasteiger partial charge in [0.15, 0.2) is 0 Å². The molecule has 1 unspecified atom stereocenters. The Hall–Kier alpha value is -1.51. The quantitative estimate of drug-likeness (QED) is 0.728. The van der Waals surface area contributed by atoms with Gasteiger partial charge in [-0.15, -0.1) is 0 Å². The first-order chi connectivity index (χ1) is 12.7. The van der Waals surface area contributed by atoms with Crippen molar-refractivity contribution in [2.24, 2.45) is 5.92 Å². The van der Waals surface area contributed by atoms with E-state index in [-0.39, 0.29) is 37.9 Å². The number of amides is 1. The highest BCUT2D eigenvalue weighted by Gasteiger charge is 2.29. The number of rotatable bonds is 8. The summed E-state index contributed by atoms with van der Waals surface area (Å²) in [6.07, 6.45) is 2.92. The molecule has 1 N–H and O–H groups in total. The second-order valence-electron chi connectivity index (χ2n) is 7.36. The van der Waals surface area contributed by atoms with Crippen molar-refractivity contribution < 1.29 is 22.3 Å². The third-order valence-corrected chi connectivity index (χ3v) is 6.49. The number of morpholine rings is 1. The van der Waals surface area contributed by atoms with Crippen LogP contribution >= 0.6 is 0 Å². The van der Waals surface area contributed by atoms with E-state index in [1.165, 1.54) is 10.4 Å². The van der Waals surface area contributed by atoms with Crippen molar-refractivity contribution in [3.63, 3.8) is 0 Å². The van der Waals surface area contributed by atoms with E-state index < -0.39 is 26.6 Å². The molecule has 0 radical (unpaired) electrons. The molecule has 152 valence electrons. The maximum atomic E-state index is 14.2. The molecule has 1 aromatic carbocycles. The molecule has 1 aliphatic heterocycles. The Morgan fingerprint density at radius 3 is 2.52 bits per heavy atom. The summed E-state index contributed by atoms with van der Waals surface area (Å²) in [5.41, 5.74) is 0.138. The van der Waals surface area contributed by atoms with Crippen LogP contribution in [0.25, 0.3) is 0 Å². The minimum absolute atomic E-state index is 0.0411. The normalized spacial score (nSPS) is 17.1. The van der Waals surface area contributed by atoms with E-state index in [0.29, 0.717) is 5.92 Å². The van der Waals surface area contributed by atoms with Crippen LogP contribution in [0.4, 0.5) is 4.39 Å². The molecular formula is C19H29FN2O4S. The fourth-order valence-corrected chi connectivity index (χ4v) is 4.48. The largest absolute Gasteiger partial charge is 0.379 e. The average Bonchev–Trinajstić information content (AvgIpc) is 2.62. The van der Waals surface area contributed by atoms with Crippen molar-refractivity contribution in [2.75, 3.05) is 26.3 Å². The van der Waals surface area contributed by atoms with Crippen LogP contribution in [0.2, 0.25) is 0 Å². The van der Waals surface area contributed by atoms with Crippen molar-refractivity contribution in [3.05, 3.63) is 29.6 Å². The number of nitrogens with zero attached hydrogens (tertiary/aromatic N) is 1. The SMILES string of the molecule is CC(C)CCCC(C)NC(=O)c1ccc(F)c(S(=O)(=O)N2CCOCC2)c1. The highest BCUT2D eigenvalue weighted by Crippen LogP contribution is 2.22. The van der Waals surface area contributed by atoms with Crippen molar-refractivity contribution in [1.29, 1.82) is 0 Å². The summed E-state index contributed by atoms with van der Waals surface area (Å²) in [6, 6.07) is 3.42. The molecule has 6 nitrogen and oxygen atoms in total. The number of carbonyl (C=O) groups excluding carboxylic acids is 1. The number of benzene rings is 1. The minimum atomic E-state index is -4.00. The van der Waals surface area contributed by atoms with Crippen LogP contribution in [0.15, 0.2) is 23.1 Å². The molecule has 0 spiro atoms. The predicted molar refractivity (Wildman–Crippen MR) is 102 cm³/mol. The summed E-state index contributed by atoms with van der Waals surface area (Å²) in [5, 5.41) is 2.86. The van der Waals surface area contributed by atoms with Crippen LogP contribution in [0.5, 0.6) is 0 Å². The van der Waals surface area contributed by atoms with Crippen molar-refractivity contribution in [3.8, 4) is 0 Å². The van der Waals surface area contributed by atoms with Gasteiger partial charge in [-0.05, 0) is 37.5 Å². The Bertz CT molecular complexity index is 746. The van der Waals surface area contributed by atoms with Crippen LogP contribution in [-0.4, -0.2) is 51.0 Å². The van der Waals surface area contributed by atoms with Gasteiger partial charge in [0.25, 0.3) is 5.91 Å². The van der Waals surface area contributed by atoms with Gasteiger partial charge in [-0.2, -0.15) is 4.31 Å². The zero-order valence-corrected chi connectivity index (χ0v) is 17.0. The molecular weight excluding hydrogens is 371 g/mol. The molecule has 1 aliphatic rings. The number of hydrogen-bond donors (Lipinski definition) is 1. The fraction of sp³-hybridized carbons (Fsp3) is 0.632. The number of hydrogen-bond acceptors (Lipinski definition) is 4. The standard InChI is InChI=1S/C19H29FN2O4S/c1-14(2)5-4-6-15(3)21-19(23)16-7-8-17(20)18(13-16)27(24,25)22-9-11-26-12-10-22/h7-8,13-15H,4-6,9-12H2,1-3H3,(H,21,23). The summed E-state index contributed by atoms with van der Waals surface area (Å²) in [4.78, 5) is 12.0. The van der Waals surface area contributed by atoms with E-state index in [9.17, 15) is 17.6 Å². The third kappa shape index (κ3) is 5.99. The van der Waals surface area contributed by atoms with Crippen molar-refractivity contribution >= 4 is 15.9 Å². The van der Waals surface area contributed by atoms with Crippen LogP contribution in [0.3, 0.4) is 0 Å². The summed E-state index contributed by atoms with van der Waals surface area (Å²) < 4.78 is 46.0. The van der Waals surface area contributed by atoms with Gasteiger partial charge in [-0.25, -0.2) is 12.8 Å². The van der Waals surface area contributed by atoms with E-state index in [4.69, 9.17) is 4.74 Å². The van der Waals surface area contributed by atoms with Gasteiger partial charge in [0.2, 0.25) is 10.0 Å². The third-order valence-electron chi connectivity index (χ3n) is 4.58. The summed E-state index contributed by atoms with van der Waals surface area (Å²) >= 11 is 0. The molecule has 1 amide bonds. The number of ether oxygens (including phenoxy) is 1. The van der Waals surface area contributed by atoms with Gasteiger partial charge in [0.1, 0.15) is 10.7 Å². The molecule has 2 rings (SSSR count). The monoisotopic (exact) mass is 400 g/mol. The zero-order valence-electron chi connectivity index (χ0n) is 16.2. The molecule has 8 heteroatoms. The minimum Gasteiger partial charge on any atom is -0.379 e. The number of sulfonamides is 1. The van der Waals surface area contributed by atoms with Crippen molar-refractivity contribution in [1.82, 2.24) is 9.62 Å². The fourth-order valence-electron chi connectivity index (χ4n) is 2.98. The van der Waals surface area contributed by atoms with E-state index in [2.05, 4.69) is 19.2 Å². The first kappa shape index (κ1) is 21.8. The molecule has 1 fully saturated rings. The summed E-state index contributed by atoms with van der Waals surface area (Å²) in [7, 11) is -4.00. The Kier molecular flexibility index (Phi) is 7.76. The summed E-state index contributed by atoms with van der Waals surface area (Å²) in [6.45, 7) is 7.10. The highest BCUT2D eigenvalue weighted by molar-refractivity contribution is 7.89.